The highest BCUT2D eigenvalue weighted by Gasteiger charge is 2.53. The van der Waals surface area contributed by atoms with Gasteiger partial charge in [0.15, 0.2) is 29.3 Å². The predicted octanol–water partition coefficient (Wildman–Crippen LogP) is 1.70. The summed E-state index contributed by atoms with van der Waals surface area (Å²) in [6.45, 7) is 0.654. The maximum atomic E-state index is 13.7. The number of hydrogen-bond acceptors (Lipinski definition) is 7. The quantitative estimate of drug-likeness (QED) is 0.724. The van der Waals surface area contributed by atoms with Crippen molar-refractivity contribution in [2.24, 2.45) is 11.8 Å². The third kappa shape index (κ3) is 2.77. The molecule has 152 valence electrons. The fourth-order valence-electron chi connectivity index (χ4n) is 5.05. The lowest BCUT2D eigenvalue weighted by Crippen LogP contribution is -2.41. The first-order valence-corrected chi connectivity index (χ1v) is 9.66. The first-order chi connectivity index (χ1) is 13.3. The van der Waals surface area contributed by atoms with Crippen LogP contribution < -0.4 is 5.32 Å². The van der Waals surface area contributed by atoms with E-state index in [4.69, 9.17) is 4.74 Å². The number of nitrogens with zero attached hydrogens (tertiary/aromatic N) is 4. The molecule has 3 heterocycles. The third-order valence-electron chi connectivity index (χ3n) is 6.43. The maximum absolute atomic E-state index is 13.7. The number of aliphatic hydroxyl groups is 2. The SMILES string of the molecule is CC(F)(F)C1OC(n2cnc3c(NC4CC5CCC4C5)ncnc32)C(O)C1O. The summed E-state index contributed by atoms with van der Waals surface area (Å²) in [5.41, 5.74) is 0.847. The minimum atomic E-state index is -3.30. The summed E-state index contributed by atoms with van der Waals surface area (Å²) < 4.78 is 34.1. The van der Waals surface area contributed by atoms with E-state index in [1.54, 1.807) is 0 Å². The zero-order valence-corrected chi connectivity index (χ0v) is 15.4. The number of anilines is 1. The first kappa shape index (κ1) is 18.1. The molecule has 0 amide bonds. The second kappa shape index (κ2) is 6.30. The highest BCUT2D eigenvalue weighted by molar-refractivity contribution is 5.82. The number of hydrogen-bond donors (Lipinski definition) is 3. The van der Waals surface area contributed by atoms with Crippen LogP contribution in [0.15, 0.2) is 12.7 Å². The van der Waals surface area contributed by atoms with Crippen LogP contribution in [0.2, 0.25) is 0 Å². The summed E-state index contributed by atoms with van der Waals surface area (Å²) in [5, 5.41) is 23.8. The Hall–Kier alpha value is -1.91. The Morgan fingerprint density at radius 1 is 1.18 bits per heavy atom. The van der Waals surface area contributed by atoms with Gasteiger partial charge in [-0.15, -0.1) is 0 Å². The lowest BCUT2D eigenvalue weighted by atomic mass is 9.95. The molecular formula is C18H23F2N5O3. The maximum Gasteiger partial charge on any atom is 0.273 e. The monoisotopic (exact) mass is 395 g/mol. The second-order valence-electron chi connectivity index (χ2n) is 8.36. The van der Waals surface area contributed by atoms with Crippen LogP contribution >= 0.6 is 0 Å². The standard InChI is InChI=1S/C18H23F2N5O3/c1-18(19,20)14-12(26)13(27)17(28-14)25-7-23-11-15(21-6-22-16(11)25)24-10-5-8-2-3-9(10)4-8/h6-10,12-14,17,26-27H,2-5H2,1H3,(H,21,22,24). The fourth-order valence-corrected chi connectivity index (χ4v) is 5.05. The highest BCUT2D eigenvalue weighted by Crippen LogP contribution is 2.46. The Kier molecular flexibility index (Phi) is 4.08. The molecule has 3 fully saturated rings. The molecule has 0 radical (unpaired) electrons. The topological polar surface area (TPSA) is 105 Å². The van der Waals surface area contributed by atoms with Gasteiger partial charge in [-0.2, -0.15) is 0 Å². The minimum Gasteiger partial charge on any atom is -0.387 e. The van der Waals surface area contributed by atoms with Gasteiger partial charge in [-0.3, -0.25) is 4.57 Å². The molecule has 2 saturated carbocycles. The second-order valence-corrected chi connectivity index (χ2v) is 8.36. The van der Waals surface area contributed by atoms with E-state index in [2.05, 4.69) is 20.3 Å². The van der Waals surface area contributed by atoms with Crippen LogP contribution in [0.3, 0.4) is 0 Å². The summed E-state index contributed by atoms with van der Waals surface area (Å²) >= 11 is 0. The average Bonchev–Trinajstić information content (AvgIpc) is 3.40. The number of rotatable bonds is 4. The van der Waals surface area contributed by atoms with E-state index in [0.29, 0.717) is 35.9 Å². The van der Waals surface area contributed by atoms with Gasteiger partial charge in [-0.1, -0.05) is 6.42 Å². The Morgan fingerprint density at radius 2 is 2.00 bits per heavy atom. The van der Waals surface area contributed by atoms with E-state index < -0.39 is 30.5 Å². The lowest BCUT2D eigenvalue weighted by Gasteiger charge is -2.23. The van der Waals surface area contributed by atoms with Crippen molar-refractivity contribution in [3.63, 3.8) is 0 Å². The van der Waals surface area contributed by atoms with Crippen molar-refractivity contribution >= 4 is 17.0 Å². The van der Waals surface area contributed by atoms with Crippen molar-refractivity contribution < 1.29 is 23.7 Å². The molecule has 7 unspecified atom stereocenters. The minimum absolute atomic E-state index is 0.348. The average molecular weight is 395 g/mol. The van der Waals surface area contributed by atoms with Gasteiger partial charge in [-0.25, -0.2) is 23.7 Å². The first-order valence-electron chi connectivity index (χ1n) is 9.66. The zero-order chi connectivity index (χ0) is 19.6. The van der Waals surface area contributed by atoms with Crippen molar-refractivity contribution in [3.05, 3.63) is 12.7 Å². The van der Waals surface area contributed by atoms with Gasteiger partial charge in [0.25, 0.3) is 5.92 Å². The molecule has 2 aliphatic carbocycles. The van der Waals surface area contributed by atoms with Gasteiger partial charge in [-0.05, 0) is 31.1 Å². The summed E-state index contributed by atoms with van der Waals surface area (Å²) in [6, 6.07) is 0.348. The molecular weight excluding hydrogens is 372 g/mol. The Bertz CT molecular complexity index is 888. The highest BCUT2D eigenvalue weighted by atomic mass is 19.3. The summed E-state index contributed by atoms with van der Waals surface area (Å²) in [5.74, 6) is -1.30. The fraction of sp³-hybridized carbons (Fsp3) is 0.722. The summed E-state index contributed by atoms with van der Waals surface area (Å²) in [6.07, 6.45) is 1.37. The Labute approximate surface area is 160 Å². The van der Waals surface area contributed by atoms with Gasteiger partial charge in [0.05, 0.1) is 6.33 Å². The molecule has 2 aromatic rings. The molecule has 8 nitrogen and oxygen atoms in total. The van der Waals surface area contributed by atoms with E-state index in [1.165, 1.54) is 36.5 Å². The molecule has 28 heavy (non-hydrogen) atoms. The molecule has 2 bridgehead atoms. The van der Waals surface area contributed by atoms with E-state index in [9.17, 15) is 19.0 Å². The number of imidazole rings is 1. The number of halogens is 2. The normalized spacial score (nSPS) is 37.8. The number of aliphatic hydroxyl groups excluding tert-OH is 2. The number of ether oxygens (including phenoxy) is 1. The van der Waals surface area contributed by atoms with Gasteiger partial charge >= 0.3 is 0 Å². The Morgan fingerprint density at radius 3 is 2.64 bits per heavy atom. The summed E-state index contributed by atoms with van der Waals surface area (Å²) in [4.78, 5) is 12.8. The molecule has 1 saturated heterocycles. The van der Waals surface area contributed by atoms with Crippen LogP contribution in [0.25, 0.3) is 11.2 Å². The van der Waals surface area contributed by atoms with E-state index >= 15 is 0 Å². The number of aromatic nitrogens is 4. The van der Waals surface area contributed by atoms with E-state index in [-0.39, 0.29) is 0 Å². The van der Waals surface area contributed by atoms with Crippen LogP contribution in [-0.4, -0.2) is 60.0 Å². The largest absolute Gasteiger partial charge is 0.387 e. The van der Waals surface area contributed by atoms with Gasteiger partial charge in [0.1, 0.15) is 18.5 Å². The predicted molar refractivity (Wildman–Crippen MR) is 94.7 cm³/mol. The van der Waals surface area contributed by atoms with Crippen LogP contribution in [0.4, 0.5) is 14.6 Å². The van der Waals surface area contributed by atoms with Crippen LogP contribution in [0.1, 0.15) is 38.8 Å². The molecule has 1 aliphatic heterocycles. The molecule has 2 aromatic heterocycles. The number of nitrogens with one attached hydrogen (secondary N) is 1. The van der Waals surface area contributed by atoms with Crippen molar-refractivity contribution in [1.29, 1.82) is 0 Å². The van der Waals surface area contributed by atoms with Crippen LogP contribution in [0.5, 0.6) is 0 Å². The molecule has 0 aromatic carbocycles. The third-order valence-corrected chi connectivity index (χ3v) is 6.43. The molecule has 5 rings (SSSR count). The summed E-state index contributed by atoms with van der Waals surface area (Å²) in [7, 11) is 0. The number of alkyl halides is 2. The Balaban J connectivity index is 1.44. The zero-order valence-electron chi connectivity index (χ0n) is 15.4. The van der Waals surface area contributed by atoms with Crippen molar-refractivity contribution in [3.8, 4) is 0 Å². The van der Waals surface area contributed by atoms with Gasteiger partial charge < -0.3 is 20.3 Å². The molecule has 0 spiro atoms. The van der Waals surface area contributed by atoms with E-state index in [1.807, 2.05) is 0 Å². The molecule has 3 aliphatic rings. The van der Waals surface area contributed by atoms with Gasteiger partial charge in [0, 0.05) is 13.0 Å². The van der Waals surface area contributed by atoms with Crippen LogP contribution in [0, 0.1) is 11.8 Å². The van der Waals surface area contributed by atoms with Crippen molar-refractivity contribution in [2.45, 2.75) is 69.1 Å². The molecule has 10 heteroatoms. The van der Waals surface area contributed by atoms with Gasteiger partial charge in [0.2, 0.25) is 0 Å². The number of fused-ring (bicyclic) bond motifs is 3. The smallest absolute Gasteiger partial charge is 0.273 e. The van der Waals surface area contributed by atoms with Crippen LogP contribution in [-0.2, 0) is 4.74 Å². The van der Waals surface area contributed by atoms with Crippen molar-refractivity contribution in [1.82, 2.24) is 19.5 Å². The molecule has 3 N–H and O–H groups in total. The van der Waals surface area contributed by atoms with Crippen molar-refractivity contribution in [2.75, 3.05) is 5.32 Å². The van der Waals surface area contributed by atoms with E-state index in [0.717, 1.165) is 12.3 Å². The lowest BCUT2D eigenvalue weighted by molar-refractivity contribution is -0.153. The molecule has 7 atom stereocenters.